The van der Waals surface area contributed by atoms with Crippen LogP contribution in [0.15, 0.2) is 24.5 Å². The molecule has 0 aliphatic carbocycles. The molecule has 0 amide bonds. The van der Waals surface area contributed by atoms with Crippen LogP contribution in [0.1, 0.15) is 80.2 Å². The fourth-order valence-electron chi connectivity index (χ4n) is 8.08. The molecule has 1 unspecified atom stereocenters. The summed E-state index contributed by atoms with van der Waals surface area (Å²) < 4.78 is 37.7. The molecule has 298 valence electrons. The molecule has 0 aromatic carbocycles. The molecule has 2 aliphatic heterocycles. The molecule has 1 aromatic rings. The minimum Gasteiger partial charge on any atom is -0.461 e. The molecular formula is C40H62N2O11. The summed E-state index contributed by atoms with van der Waals surface area (Å²) in [5, 5.41) is 23.0. The number of Topliss-reactive ketones (excluding diaryl/α,β-unsaturated/α-hetero) is 1. The summed E-state index contributed by atoms with van der Waals surface area (Å²) in [6, 6.07) is 3.27. The van der Waals surface area contributed by atoms with E-state index in [0.29, 0.717) is 18.5 Å². The number of carbonyl (C=O) groups is 3. The number of ketones is 1. The van der Waals surface area contributed by atoms with Gasteiger partial charge in [-0.25, -0.2) is 0 Å². The largest absolute Gasteiger partial charge is 0.461 e. The van der Waals surface area contributed by atoms with E-state index in [4.69, 9.17) is 34.8 Å². The van der Waals surface area contributed by atoms with E-state index in [2.05, 4.69) is 10.9 Å². The molecule has 14 atom stereocenters. The minimum atomic E-state index is -1.98. The Morgan fingerprint density at radius 1 is 1.13 bits per heavy atom. The number of terminal acetylenes is 1. The van der Waals surface area contributed by atoms with Gasteiger partial charge < -0.3 is 38.6 Å². The number of hydrogen-bond donors (Lipinski definition) is 2. The Hall–Kier alpha value is -2.96. The quantitative estimate of drug-likeness (QED) is 0.265. The van der Waals surface area contributed by atoms with Gasteiger partial charge in [0.05, 0.1) is 42.8 Å². The number of aromatic nitrogens is 1. The number of nitrogens with zero attached hydrogens (tertiary/aromatic N) is 2. The van der Waals surface area contributed by atoms with E-state index in [1.807, 2.05) is 18.9 Å². The summed E-state index contributed by atoms with van der Waals surface area (Å²) in [4.78, 5) is 47.8. The van der Waals surface area contributed by atoms with Crippen LogP contribution in [-0.2, 0) is 49.2 Å². The molecule has 0 bridgehead atoms. The van der Waals surface area contributed by atoms with Crippen LogP contribution in [0.3, 0.4) is 0 Å². The first-order chi connectivity index (χ1) is 24.9. The van der Waals surface area contributed by atoms with E-state index in [-0.39, 0.29) is 37.2 Å². The van der Waals surface area contributed by atoms with Crippen LogP contribution in [0.25, 0.3) is 0 Å². The molecule has 1 aromatic heterocycles. The van der Waals surface area contributed by atoms with Gasteiger partial charge in [-0.1, -0.05) is 39.7 Å². The first kappa shape index (κ1) is 44.4. The monoisotopic (exact) mass is 746 g/mol. The summed E-state index contributed by atoms with van der Waals surface area (Å²) in [7, 11) is 4.97. The smallest absolute Gasteiger partial charge is 0.312 e. The molecule has 2 fully saturated rings. The van der Waals surface area contributed by atoms with E-state index in [0.717, 1.165) is 0 Å². The summed E-state index contributed by atoms with van der Waals surface area (Å²) in [5.41, 5.74) is -2.63. The lowest BCUT2D eigenvalue weighted by Gasteiger charge is -2.49. The van der Waals surface area contributed by atoms with Crippen molar-refractivity contribution in [2.24, 2.45) is 23.7 Å². The SMILES string of the molecule is C#CCN(C)[C@@H]1C[C@H](C)OC(O[C@@H]2[C@@H](C)[C@H](OC(=O)Cc3cccnc3)[C@@H](C)C(=O)O[C@H](CC)[C@@](C)(O)[C@H](O)[C@H](C)C(=O)[C@H](C)C[C@@]2(C)OC)[C@H]1OC. The second kappa shape index (κ2) is 19.1. The maximum Gasteiger partial charge on any atom is 0.312 e. The van der Waals surface area contributed by atoms with Crippen LogP contribution in [0, 0.1) is 36.0 Å². The Balaban J connectivity index is 2.21. The van der Waals surface area contributed by atoms with E-state index < -0.39 is 83.6 Å². The second-order valence-electron chi connectivity index (χ2n) is 15.5. The number of rotatable bonds is 10. The minimum absolute atomic E-state index is 0.100. The van der Waals surface area contributed by atoms with Crippen molar-refractivity contribution in [2.45, 2.75) is 141 Å². The third kappa shape index (κ3) is 10.4. The Morgan fingerprint density at radius 2 is 1.81 bits per heavy atom. The molecule has 53 heavy (non-hydrogen) atoms. The van der Waals surface area contributed by atoms with E-state index >= 15 is 0 Å². The van der Waals surface area contributed by atoms with Crippen molar-refractivity contribution in [1.82, 2.24) is 9.88 Å². The molecule has 0 saturated carbocycles. The van der Waals surface area contributed by atoms with Gasteiger partial charge in [-0.3, -0.25) is 24.3 Å². The van der Waals surface area contributed by atoms with Crippen LogP contribution in [-0.4, -0.2) is 126 Å². The van der Waals surface area contributed by atoms with Gasteiger partial charge in [0, 0.05) is 50.4 Å². The van der Waals surface area contributed by atoms with Crippen molar-refractivity contribution in [3.05, 3.63) is 30.1 Å². The Morgan fingerprint density at radius 3 is 2.38 bits per heavy atom. The van der Waals surface area contributed by atoms with E-state index in [1.165, 1.54) is 14.0 Å². The van der Waals surface area contributed by atoms with Crippen molar-refractivity contribution >= 4 is 17.7 Å². The predicted molar refractivity (Wildman–Crippen MR) is 196 cm³/mol. The highest BCUT2D eigenvalue weighted by Gasteiger charge is 2.53. The number of cyclic esters (lactones) is 1. The lowest BCUT2D eigenvalue weighted by Crippen LogP contribution is -2.61. The molecule has 13 heteroatoms. The molecule has 3 rings (SSSR count). The van der Waals surface area contributed by atoms with Crippen LogP contribution in [0.5, 0.6) is 0 Å². The molecule has 2 aliphatic rings. The molecule has 2 N–H and O–H groups in total. The van der Waals surface area contributed by atoms with Crippen molar-refractivity contribution < 1.29 is 53.0 Å². The number of methoxy groups -OCH3 is 2. The van der Waals surface area contributed by atoms with Crippen molar-refractivity contribution in [1.29, 1.82) is 0 Å². The molecule has 2 saturated heterocycles. The Labute approximate surface area is 315 Å². The highest BCUT2D eigenvalue weighted by molar-refractivity contribution is 5.83. The first-order valence-electron chi connectivity index (χ1n) is 18.6. The van der Waals surface area contributed by atoms with Gasteiger partial charge >= 0.3 is 11.9 Å². The van der Waals surface area contributed by atoms with Gasteiger partial charge in [0.2, 0.25) is 0 Å². The van der Waals surface area contributed by atoms with Gasteiger partial charge in [-0.15, -0.1) is 6.42 Å². The third-order valence-corrected chi connectivity index (χ3v) is 11.3. The van der Waals surface area contributed by atoms with E-state index in [1.54, 1.807) is 73.2 Å². The number of esters is 2. The lowest BCUT2D eigenvalue weighted by atomic mass is 9.74. The first-order valence-corrected chi connectivity index (χ1v) is 18.6. The second-order valence-corrected chi connectivity index (χ2v) is 15.5. The topological polar surface area (TPSA) is 163 Å². The molecule has 13 nitrogen and oxygen atoms in total. The van der Waals surface area contributed by atoms with Crippen molar-refractivity contribution in [3.63, 3.8) is 0 Å². The molecular weight excluding hydrogens is 684 g/mol. The zero-order valence-corrected chi connectivity index (χ0v) is 33.3. The summed E-state index contributed by atoms with van der Waals surface area (Å²) >= 11 is 0. The number of hydrogen-bond acceptors (Lipinski definition) is 13. The van der Waals surface area contributed by atoms with Gasteiger partial charge in [-0.2, -0.15) is 0 Å². The number of carbonyl (C=O) groups excluding carboxylic acids is 3. The normalized spacial score (nSPS) is 39.1. The number of aliphatic hydroxyl groups excluding tert-OH is 1. The van der Waals surface area contributed by atoms with Crippen LogP contribution >= 0.6 is 0 Å². The predicted octanol–water partition coefficient (Wildman–Crippen LogP) is 3.36. The van der Waals surface area contributed by atoms with Crippen molar-refractivity contribution in [2.75, 3.05) is 27.8 Å². The van der Waals surface area contributed by atoms with Gasteiger partial charge in [-0.05, 0) is 65.6 Å². The average molecular weight is 747 g/mol. The Bertz CT molecular complexity index is 1400. The van der Waals surface area contributed by atoms with Gasteiger partial charge in [0.1, 0.15) is 29.7 Å². The standard InChI is InChI=1S/C40H62N2O11/c1-13-18-42(10)29-19-24(4)50-38(34(29)48-11)53-36-26(6)33(52-31(43)20-28-16-15-17-41-22-28)27(7)37(46)51-30(14-2)40(9,47)35(45)25(5)32(44)23(3)21-39(36,8)49-12/h1,15-17,22-27,29-30,33-36,38,45,47H,14,18-21H2,2-12H3/t23-,24+,25-,26+,27-,29-,30-,33+,34+,35-,36-,38?,39-,40-/m1/s1. The highest BCUT2D eigenvalue weighted by atomic mass is 16.7. The van der Waals surface area contributed by atoms with Crippen LogP contribution in [0.2, 0.25) is 0 Å². The van der Waals surface area contributed by atoms with Crippen LogP contribution < -0.4 is 0 Å². The summed E-state index contributed by atoms with van der Waals surface area (Å²) in [6.45, 7) is 13.8. The maximum absolute atomic E-state index is 14.1. The lowest BCUT2D eigenvalue weighted by molar-refractivity contribution is -0.305. The maximum atomic E-state index is 14.1. The number of pyridine rings is 1. The average Bonchev–Trinajstić information content (AvgIpc) is 3.12. The third-order valence-electron chi connectivity index (χ3n) is 11.3. The molecule has 0 spiro atoms. The number of ether oxygens (including phenoxy) is 6. The highest BCUT2D eigenvalue weighted by Crippen LogP contribution is 2.40. The van der Waals surface area contributed by atoms with Gasteiger partial charge in [0.15, 0.2) is 6.29 Å². The summed E-state index contributed by atoms with van der Waals surface area (Å²) in [6.07, 6.45) is 2.83. The fourth-order valence-corrected chi connectivity index (χ4v) is 8.08. The number of likely N-dealkylation sites (N-methyl/N-ethyl adjacent to an activating group) is 1. The zero-order valence-electron chi connectivity index (χ0n) is 33.3. The van der Waals surface area contributed by atoms with E-state index in [9.17, 15) is 24.6 Å². The summed E-state index contributed by atoms with van der Waals surface area (Å²) in [5.74, 6) is -2.63. The molecule has 0 radical (unpaired) electrons. The Kier molecular flexibility index (Phi) is 16.0. The van der Waals surface area contributed by atoms with Crippen LogP contribution in [0.4, 0.5) is 0 Å². The molecule has 3 heterocycles. The number of aliphatic hydroxyl groups is 2. The fraction of sp³-hybridized carbons (Fsp3) is 0.750. The zero-order chi connectivity index (χ0) is 39.8. The van der Waals surface area contributed by atoms with Gasteiger partial charge in [0.25, 0.3) is 0 Å². The van der Waals surface area contributed by atoms with Crippen molar-refractivity contribution in [3.8, 4) is 12.3 Å².